The van der Waals surface area contributed by atoms with Crippen LogP contribution in [0, 0.1) is 5.92 Å². The van der Waals surface area contributed by atoms with Crippen LogP contribution in [-0.2, 0) is 16.2 Å². The van der Waals surface area contributed by atoms with Gasteiger partial charge in [0.05, 0.1) is 0 Å². The van der Waals surface area contributed by atoms with Gasteiger partial charge in [0, 0.05) is 18.0 Å². The van der Waals surface area contributed by atoms with Gasteiger partial charge in [0.2, 0.25) is 5.91 Å². The molecule has 166 valence electrons. The molecule has 2 aromatic rings. The zero-order valence-corrected chi connectivity index (χ0v) is 18.3. The minimum absolute atomic E-state index is 0.0153. The van der Waals surface area contributed by atoms with Crippen LogP contribution in [-0.4, -0.2) is 30.5 Å². The SMILES string of the molecule is CC(C)NC(=O)C1CCCC(NC(=O)COc2ccc(OCc3ccccc3)cc2)C1. The van der Waals surface area contributed by atoms with Crippen LogP contribution in [0.1, 0.15) is 45.1 Å². The van der Waals surface area contributed by atoms with Gasteiger partial charge in [-0.05, 0) is 62.9 Å². The molecule has 1 aliphatic carbocycles. The Morgan fingerprint density at radius 3 is 2.32 bits per heavy atom. The fourth-order valence-corrected chi connectivity index (χ4v) is 3.75. The zero-order chi connectivity index (χ0) is 22.1. The lowest BCUT2D eigenvalue weighted by Gasteiger charge is -2.29. The van der Waals surface area contributed by atoms with Gasteiger partial charge in [-0.25, -0.2) is 0 Å². The molecule has 2 atom stereocenters. The van der Waals surface area contributed by atoms with E-state index >= 15 is 0 Å². The van der Waals surface area contributed by atoms with Crippen LogP contribution in [0.3, 0.4) is 0 Å². The van der Waals surface area contributed by atoms with Crippen molar-refractivity contribution in [3.8, 4) is 11.5 Å². The quantitative estimate of drug-likeness (QED) is 0.641. The summed E-state index contributed by atoms with van der Waals surface area (Å²) >= 11 is 0. The number of ether oxygens (including phenoxy) is 2. The van der Waals surface area contributed by atoms with Gasteiger partial charge in [0.1, 0.15) is 18.1 Å². The summed E-state index contributed by atoms with van der Waals surface area (Å²) in [7, 11) is 0. The summed E-state index contributed by atoms with van der Waals surface area (Å²) in [6.07, 6.45) is 3.38. The molecular formula is C25H32N2O4. The Labute approximate surface area is 184 Å². The number of benzene rings is 2. The van der Waals surface area contributed by atoms with Crippen molar-refractivity contribution in [2.75, 3.05) is 6.61 Å². The third-order valence-corrected chi connectivity index (χ3v) is 5.28. The predicted molar refractivity (Wildman–Crippen MR) is 120 cm³/mol. The second kappa shape index (κ2) is 11.4. The summed E-state index contributed by atoms with van der Waals surface area (Å²) in [6, 6.07) is 17.4. The Bertz CT molecular complexity index is 836. The van der Waals surface area contributed by atoms with E-state index in [9.17, 15) is 9.59 Å². The number of carbonyl (C=O) groups is 2. The lowest BCUT2D eigenvalue weighted by molar-refractivity contribution is -0.128. The molecule has 1 saturated carbocycles. The van der Waals surface area contributed by atoms with E-state index < -0.39 is 0 Å². The van der Waals surface area contributed by atoms with Crippen molar-refractivity contribution in [2.24, 2.45) is 5.92 Å². The van der Waals surface area contributed by atoms with Crippen molar-refractivity contribution >= 4 is 11.8 Å². The summed E-state index contributed by atoms with van der Waals surface area (Å²) in [4.78, 5) is 24.6. The highest BCUT2D eigenvalue weighted by molar-refractivity contribution is 5.80. The summed E-state index contributed by atoms with van der Waals surface area (Å²) in [6.45, 7) is 4.36. The van der Waals surface area contributed by atoms with Crippen LogP contribution in [0.4, 0.5) is 0 Å². The van der Waals surface area contributed by atoms with Crippen LogP contribution in [0.15, 0.2) is 54.6 Å². The van der Waals surface area contributed by atoms with E-state index in [1.165, 1.54) is 0 Å². The molecule has 0 aromatic heterocycles. The van der Waals surface area contributed by atoms with Crippen molar-refractivity contribution in [1.82, 2.24) is 10.6 Å². The van der Waals surface area contributed by atoms with Crippen molar-refractivity contribution in [2.45, 2.75) is 58.2 Å². The van der Waals surface area contributed by atoms with E-state index in [2.05, 4.69) is 10.6 Å². The Hall–Kier alpha value is -3.02. The van der Waals surface area contributed by atoms with Crippen LogP contribution in [0.25, 0.3) is 0 Å². The first-order valence-electron chi connectivity index (χ1n) is 11.0. The van der Waals surface area contributed by atoms with Gasteiger partial charge < -0.3 is 20.1 Å². The summed E-state index contributed by atoms with van der Waals surface area (Å²) in [5.41, 5.74) is 1.10. The summed E-state index contributed by atoms with van der Waals surface area (Å²) in [5, 5.41) is 5.98. The number of amides is 2. The van der Waals surface area contributed by atoms with E-state index in [0.717, 1.165) is 30.6 Å². The van der Waals surface area contributed by atoms with E-state index in [4.69, 9.17) is 9.47 Å². The summed E-state index contributed by atoms with van der Waals surface area (Å²) < 4.78 is 11.4. The molecule has 0 saturated heterocycles. The Kier molecular flexibility index (Phi) is 8.33. The molecule has 2 aromatic carbocycles. The van der Waals surface area contributed by atoms with Crippen LogP contribution in [0.5, 0.6) is 11.5 Å². The molecule has 2 unspecified atom stereocenters. The standard InChI is InChI=1S/C25H32N2O4/c1-18(2)26-25(29)20-9-6-10-21(15-20)27-24(28)17-31-23-13-11-22(12-14-23)30-16-19-7-4-3-5-8-19/h3-5,7-8,11-14,18,20-21H,6,9-10,15-17H2,1-2H3,(H,26,29)(H,27,28). The monoisotopic (exact) mass is 424 g/mol. The maximum absolute atomic E-state index is 12.3. The summed E-state index contributed by atoms with van der Waals surface area (Å²) in [5.74, 6) is 1.23. The molecule has 2 N–H and O–H groups in total. The van der Waals surface area contributed by atoms with Gasteiger partial charge >= 0.3 is 0 Å². The molecule has 0 bridgehead atoms. The lowest BCUT2D eigenvalue weighted by Crippen LogP contribution is -2.44. The third-order valence-electron chi connectivity index (χ3n) is 5.28. The van der Waals surface area contributed by atoms with Gasteiger partial charge in [0.25, 0.3) is 5.91 Å². The highest BCUT2D eigenvalue weighted by atomic mass is 16.5. The average Bonchev–Trinajstić information content (AvgIpc) is 2.77. The minimum Gasteiger partial charge on any atom is -0.489 e. The molecule has 6 heteroatoms. The molecule has 2 amide bonds. The zero-order valence-electron chi connectivity index (χ0n) is 18.3. The van der Waals surface area contributed by atoms with Gasteiger partial charge in [-0.3, -0.25) is 9.59 Å². The smallest absolute Gasteiger partial charge is 0.258 e. The molecule has 3 rings (SSSR count). The second-order valence-corrected chi connectivity index (χ2v) is 8.33. The number of hydrogen-bond acceptors (Lipinski definition) is 4. The van der Waals surface area contributed by atoms with Crippen LogP contribution in [0.2, 0.25) is 0 Å². The third kappa shape index (κ3) is 7.63. The maximum atomic E-state index is 12.3. The lowest BCUT2D eigenvalue weighted by atomic mass is 9.85. The van der Waals surface area contributed by atoms with E-state index in [1.54, 1.807) is 12.1 Å². The number of rotatable bonds is 9. The van der Waals surface area contributed by atoms with Crippen molar-refractivity contribution < 1.29 is 19.1 Å². The number of carbonyl (C=O) groups excluding carboxylic acids is 2. The molecule has 0 radical (unpaired) electrons. The molecule has 0 aliphatic heterocycles. The molecule has 0 heterocycles. The fraction of sp³-hybridized carbons (Fsp3) is 0.440. The molecular weight excluding hydrogens is 392 g/mol. The first-order chi connectivity index (χ1) is 15.0. The normalized spacial score (nSPS) is 18.3. The van der Waals surface area contributed by atoms with Gasteiger partial charge in [-0.1, -0.05) is 36.8 Å². The van der Waals surface area contributed by atoms with Gasteiger partial charge in [0.15, 0.2) is 6.61 Å². The first-order valence-corrected chi connectivity index (χ1v) is 11.0. The largest absolute Gasteiger partial charge is 0.489 e. The fourth-order valence-electron chi connectivity index (χ4n) is 3.75. The topological polar surface area (TPSA) is 76.7 Å². The second-order valence-electron chi connectivity index (χ2n) is 8.33. The molecule has 0 spiro atoms. The highest BCUT2D eigenvalue weighted by Gasteiger charge is 2.28. The molecule has 1 fully saturated rings. The Balaban J connectivity index is 1.39. The van der Waals surface area contributed by atoms with E-state index in [1.807, 2.05) is 56.3 Å². The number of hydrogen-bond donors (Lipinski definition) is 2. The van der Waals surface area contributed by atoms with Gasteiger partial charge in [-0.15, -0.1) is 0 Å². The predicted octanol–water partition coefficient (Wildman–Crippen LogP) is 3.84. The van der Waals surface area contributed by atoms with Crippen molar-refractivity contribution in [3.05, 3.63) is 60.2 Å². The van der Waals surface area contributed by atoms with Gasteiger partial charge in [-0.2, -0.15) is 0 Å². The van der Waals surface area contributed by atoms with E-state index in [-0.39, 0.29) is 36.4 Å². The van der Waals surface area contributed by atoms with Crippen LogP contribution >= 0.6 is 0 Å². The minimum atomic E-state index is -0.167. The number of nitrogens with one attached hydrogen (secondary N) is 2. The molecule has 6 nitrogen and oxygen atoms in total. The molecule has 1 aliphatic rings. The van der Waals surface area contributed by atoms with Crippen molar-refractivity contribution in [3.63, 3.8) is 0 Å². The van der Waals surface area contributed by atoms with E-state index in [0.29, 0.717) is 18.8 Å². The Morgan fingerprint density at radius 2 is 1.65 bits per heavy atom. The average molecular weight is 425 g/mol. The maximum Gasteiger partial charge on any atom is 0.258 e. The molecule has 31 heavy (non-hydrogen) atoms. The van der Waals surface area contributed by atoms with Crippen molar-refractivity contribution in [1.29, 1.82) is 0 Å². The van der Waals surface area contributed by atoms with Crippen LogP contribution < -0.4 is 20.1 Å². The highest BCUT2D eigenvalue weighted by Crippen LogP contribution is 2.25. The first kappa shape index (κ1) is 22.7. The Morgan fingerprint density at radius 1 is 0.968 bits per heavy atom.